The molecule has 1 heterocycles. The number of pyridine rings is 1. The lowest BCUT2D eigenvalue weighted by Crippen LogP contribution is -2.35. The fourth-order valence-electron chi connectivity index (χ4n) is 1.33. The fourth-order valence-corrected chi connectivity index (χ4v) is 1.33. The standard InChI is InChI=1S/C14H24N2O2/c1-14(2,3)16-10-12-5-6-13(15-9-12)11-18-8-7-17-4/h5-6,9,16H,7-8,10-11H2,1-4H3. The third-order valence-electron chi connectivity index (χ3n) is 2.39. The first-order valence-corrected chi connectivity index (χ1v) is 6.27. The van der Waals surface area contributed by atoms with E-state index in [9.17, 15) is 0 Å². The van der Waals surface area contributed by atoms with E-state index < -0.39 is 0 Å². The van der Waals surface area contributed by atoms with E-state index in [4.69, 9.17) is 9.47 Å². The zero-order chi connectivity index (χ0) is 13.4. The molecule has 1 rings (SSSR count). The molecule has 0 fully saturated rings. The van der Waals surface area contributed by atoms with Crippen LogP contribution in [0.5, 0.6) is 0 Å². The first-order chi connectivity index (χ1) is 8.51. The van der Waals surface area contributed by atoms with Crippen LogP contribution in [-0.4, -0.2) is 30.8 Å². The van der Waals surface area contributed by atoms with Crippen molar-refractivity contribution < 1.29 is 9.47 Å². The first-order valence-electron chi connectivity index (χ1n) is 6.27. The average Bonchev–Trinajstić information content (AvgIpc) is 2.33. The minimum absolute atomic E-state index is 0.127. The molecule has 1 N–H and O–H groups in total. The molecule has 18 heavy (non-hydrogen) atoms. The van der Waals surface area contributed by atoms with Crippen LogP contribution in [0.25, 0.3) is 0 Å². The van der Waals surface area contributed by atoms with E-state index in [0.29, 0.717) is 19.8 Å². The normalized spacial score (nSPS) is 11.8. The zero-order valence-electron chi connectivity index (χ0n) is 11.8. The topological polar surface area (TPSA) is 43.4 Å². The Hall–Kier alpha value is -0.970. The number of rotatable bonds is 7. The maximum absolute atomic E-state index is 5.41. The second kappa shape index (κ2) is 7.46. The van der Waals surface area contributed by atoms with Crippen LogP contribution in [0.2, 0.25) is 0 Å². The van der Waals surface area contributed by atoms with Gasteiger partial charge >= 0.3 is 0 Å². The van der Waals surface area contributed by atoms with Gasteiger partial charge in [0.05, 0.1) is 25.5 Å². The van der Waals surface area contributed by atoms with Crippen LogP contribution in [0.15, 0.2) is 18.3 Å². The van der Waals surface area contributed by atoms with Gasteiger partial charge in [-0.25, -0.2) is 0 Å². The molecule has 0 spiro atoms. The van der Waals surface area contributed by atoms with E-state index in [1.54, 1.807) is 7.11 Å². The van der Waals surface area contributed by atoms with Gasteiger partial charge in [0.1, 0.15) is 0 Å². The Balaban J connectivity index is 2.33. The third kappa shape index (κ3) is 6.69. The van der Waals surface area contributed by atoms with Crippen LogP contribution >= 0.6 is 0 Å². The van der Waals surface area contributed by atoms with Crippen molar-refractivity contribution in [1.29, 1.82) is 0 Å². The molecule has 0 amide bonds. The number of methoxy groups -OCH3 is 1. The Kier molecular flexibility index (Phi) is 6.25. The predicted molar refractivity (Wildman–Crippen MR) is 72.4 cm³/mol. The highest BCUT2D eigenvalue weighted by Gasteiger charge is 2.08. The van der Waals surface area contributed by atoms with Crippen molar-refractivity contribution in [3.8, 4) is 0 Å². The quantitative estimate of drug-likeness (QED) is 0.755. The summed E-state index contributed by atoms with van der Waals surface area (Å²) < 4.78 is 10.3. The van der Waals surface area contributed by atoms with E-state index in [1.165, 1.54) is 5.56 Å². The highest BCUT2D eigenvalue weighted by atomic mass is 16.5. The van der Waals surface area contributed by atoms with Gasteiger partial charge in [0.25, 0.3) is 0 Å². The largest absolute Gasteiger partial charge is 0.382 e. The molecule has 0 saturated heterocycles. The lowest BCUT2D eigenvalue weighted by molar-refractivity contribution is 0.0602. The summed E-state index contributed by atoms with van der Waals surface area (Å²) in [5.41, 5.74) is 2.26. The Morgan fingerprint density at radius 2 is 2.00 bits per heavy atom. The van der Waals surface area contributed by atoms with Crippen molar-refractivity contribution in [2.45, 2.75) is 39.5 Å². The molecule has 0 aromatic carbocycles. The van der Waals surface area contributed by atoms with Crippen molar-refractivity contribution in [2.75, 3.05) is 20.3 Å². The number of hydrogen-bond acceptors (Lipinski definition) is 4. The van der Waals surface area contributed by atoms with Crippen LogP contribution in [-0.2, 0) is 22.6 Å². The van der Waals surface area contributed by atoms with Crippen molar-refractivity contribution >= 4 is 0 Å². The number of hydrogen-bond donors (Lipinski definition) is 1. The fraction of sp³-hybridized carbons (Fsp3) is 0.643. The predicted octanol–water partition coefficient (Wildman–Crippen LogP) is 2.13. The SMILES string of the molecule is COCCOCc1ccc(CNC(C)(C)C)cn1. The van der Waals surface area contributed by atoms with Crippen molar-refractivity contribution in [1.82, 2.24) is 10.3 Å². The van der Waals surface area contributed by atoms with Gasteiger partial charge in [0, 0.05) is 25.4 Å². The molecule has 0 atom stereocenters. The molecule has 4 heteroatoms. The van der Waals surface area contributed by atoms with Gasteiger partial charge in [-0.2, -0.15) is 0 Å². The summed E-state index contributed by atoms with van der Waals surface area (Å²) in [7, 11) is 1.67. The minimum atomic E-state index is 0.127. The Morgan fingerprint density at radius 1 is 1.22 bits per heavy atom. The molecule has 1 aromatic heterocycles. The lowest BCUT2D eigenvalue weighted by atomic mass is 10.1. The Bertz CT molecular complexity index is 331. The third-order valence-corrected chi connectivity index (χ3v) is 2.39. The summed E-state index contributed by atoms with van der Waals surface area (Å²) in [5.74, 6) is 0. The lowest BCUT2D eigenvalue weighted by Gasteiger charge is -2.20. The van der Waals surface area contributed by atoms with E-state index >= 15 is 0 Å². The molecule has 0 unspecified atom stereocenters. The van der Waals surface area contributed by atoms with Crippen LogP contribution < -0.4 is 5.32 Å². The second-order valence-corrected chi connectivity index (χ2v) is 5.31. The summed E-state index contributed by atoms with van der Waals surface area (Å²) in [6.07, 6.45) is 1.90. The maximum Gasteiger partial charge on any atom is 0.0889 e. The number of nitrogens with one attached hydrogen (secondary N) is 1. The highest BCUT2D eigenvalue weighted by molar-refractivity contribution is 5.13. The first kappa shape index (κ1) is 15.1. The van der Waals surface area contributed by atoms with E-state index in [-0.39, 0.29) is 5.54 Å². The average molecular weight is 252 g/mol. The number of ether oxygens (including phenoxy) is 2. The highest BCUT2D eigenvalue weighted by Crippen LogP contribution is 2.05. The van der Waals surface area contributed by atoms with Crippen LogP contribution in [0.3, 0.4) is 0 Å². The summed E-state index contributed by atoms with van der Waals surface area (Å²) in [6, 6.07) is 4.09. The molecule has 0 saturated carbocycles. The second-order valence-electron chi connectivity index (χ2n) is 5.31. The molecular weight excluding hydrogens is 228 g/mol. The van der Waals surface area contributed by atoms with Gasteiger partial charge in [0.2, 0.25) is 0 Å². The molecule has 4 nitrogen and oxygen atoms in total. The summed E-state index contributed by atoms with van der Waals surface area (Å²) in [5, 5.41) is 3.43. The summed E-state index contributed by atoms with van der Waals surface area (Å²) >= 11 is 0. The molecule has 102 valence electrons. The minimum Gasteiger partial charge on any atom is -0.382 e. The van der Waals surface area contributed by atoms with Gasteiger partial charge in [-0.3, -0.25) is 4.98 Å². The Labute approximate surface area is 110 Å². The number of nitrogens with zero attached hydrogens (tertiary/aromatic N) is 1. The molecule has 1 aromatic rings. The molecule has 0 aliphatic carbocycles. The maximum atomic E-state index is 5.41. The van der Waals surface area contributed by atoms with Crippen molar-refractivity contribution in [3.05, 3.63) is 29.6 Å². The zero-order valence-corrected chi connectivity index (χ0v) is 11.8. The summed E-state index contributed by atoms with van der Waals surface area (Å²) in [4.78, 5) is 4.37. The van der Waals surface area contributed by atoms with Crippen molar-refractivity contribution in [3.63, 3.8) is 0 Å². The van der Waals surface area contributed by atoms with Gasteiger partial charge in [-0.1, -0.05) is 6.07 Å². The van der Waals surface area contributed by atoms with Crippen molar-refractivity contribution in [2.24, 2.45) is 0 Å². The van der Waals surface area contributed by atoms with E-state index in [2.05, 4.69) is 37.1 Å². The molecular formula is C14H24N2O2. The summed E-state index contributed by atoms with van der Waals surface area (Å²) in [6.45, 7) is 9.05. The van der Waals surface area contributed by atoms with Gasteiger partial charge in [-0.05, 0) is 32.4 Å². The molecule has 0 aliphatic rings. The molecule has 0 radical (unpaired) electrons. The van der Waals surface area contributed by atoms with Gasteiger partial charge < -0.3 is 14.8 Å². The molecule has 0 aliphatic heterocycles. The van der Waals surface area contributed by atoms with Gasteiger partial charge in [-0.15, -0.1) is 0 Å². The van der Waals surface area contributed by atoms with E-state index in [1.807, 2.05) is 12.3 Å². The van der Waals surface area contributed by atoms with Gasteiger partial charge in [0.15, 0.2) is 0 Å². The molecule has 0 bridgehead atoms. The van der Waals surface area contributed by atoms with Crippen LogP contribution in [0.1, 0.15) is 32.0 Å². The smallest absolute Gasteiger partial charge is 0.0889 e. The number of aromatic nitrogens is 1. The monoisotopic (exact) mass is 252 g/mol. The van der Waals surface area contributed by atoms with Crippen LogP contribution in [0.4, 0.5) is 0 Å². The van der Waals surface area contributed by atoms with E-state index in [0.717, 1.165) is 12.2 Å². The van der Waals surface area contributed by atoms with Crippen LogP contribution in [0, 0.1) is 0 Å². The Morgan fingerprint density at radius 3 is 2.56 bits per heavy atom.